The molecule has 3 N–H and O–H groups in total. The molecule has 7 nitrogen and oxygen atoms in total. The Balaban J connectivity index is 2.04. The largest absolute Gasteiger partial charge is 0.492 e. The zero-order valence-corrected chi connectivity index (χ0v) is 14.3. The molecular weight excluding hydrogens is 312 g/mol. The number of carbonyl (C=O) groups is 1. The lowest BCUT2D eigenvalue weighted by molar-refractivity contribution is 0.0357. The molecule has 2 rings (SSSR count). The Labute approximate surface area is 142 Å². The van der Waals surface area contributed by atoms with Gasteiger partial charge in [-0.25, -0.2) is 4.79 Å². The van der Waals surface area contributed by atoms with Crippen molar-refractivity contribution in [2.75, 3.05) is 52.3 Å². The van der Waals surface area contributed by atoms with Crippen LogP contribution in [0.3, 0.4) is 0 Å². The highest BCUT2D eigenvalue weighted by atomic mass is 16.5. The van der Waals surface area contributed by atoms with Crippen molar-refractivity contribution in [2.24, 2.45) is 0 Å². The van der Waals surface area contributed by atoms with E-state index in [-0.39, 0.29) is 11.3 Å². The van der Waals surface area contributed by atoms with Crippen molar-refractivity contribution in [3.63, 3.8) is 0 Å². The Bertz CT molecular complexity index is 571. The standard InChI is InChI=1S/C17H26N2O5/c1-3-12-15(18)13(17(20)21)11-14(16(12)22-2)24-8-4-5-19-6-9-23-10-7-19/h11H,3-10,18H2,1-2H3,(H,20,21). The summed E-state index contributed by atoms with van der Waals surface area (Å²) >= 11 is 0. The number of ether oxygens (including phenoxy) is 3. The summed E-state index contributed by atoms with van der Waals surface area (Å²) in [6.07, 6.45) is 1.41. The van der Waals surface area contributed by atoms with E-state index in [2.05, 4.69) is 4.90 Å². The lowest BCUT2D eigenvalue weighted by Gasteiger charge is -2.26. The Morgan fingerprint density at radius 3 is 2.71 bits per heavy atom. The molecular formula is C17H26N2O5. The molecule has 1 aromatic carbocycles. The number of aromatic carboxylic acids is 1. The highest BCUT2D eigenvalue weighted by Crippen LogP contribution is 2.38. The van der Waals surface area contributed by atoms with Crippen molar-refractivity contribution >= 4 is 11.7 Å². The zero-order valence-electron chi connectivity index (χ0n) is 14.3. The van der Waals surface area contributed by atoms with Crippen LogP contribution in [-0.2, 0) is 11.2 Å². The molecule has 0 unspecified atom stereocenters. The Morgan fingerprint density at radius 2 is 2.12 bits per heavy atom. The SMILES string of the molecule is CCc1c(N)c(C(=O)O)cc(OCCCN2CCOCC2)c1OC. The van der Waals surface area contributed by atoms with Gasteiger partial charge in [0, 0.05) is 31.3 Å². The molecule has 0 amide bonds. The summed E-state index contributed by atoms with van der Waals surface area (Å²) in [7, 11) is 1.54. The fourth-order valence-corrected chi connectivity index (χ4v) is 2.86. The highest BCUT2D eigenvalue weighted by Gasteiger charge is 2.20. The summed E-state index contributed by atoms with van der Waals surface area (Å²) in [4.78, 5) is 13.7. The van der Waals surface area contributed by atoms with Crippen molar-refractivity contribution < 1.29 is 24.1 Å². The summed E-state index contributed by atoms with van der Waals surface area (Å²) in [5.41, 5.74) is 6.91. The normalized spacial score (nSPS) is 15.2. The quantitative estimate of drug-likeness (QED) is 0.549. The fraction of sp³-hybridized carbons (Fsp3) is 0.588. The van der Waals surface area contributed by atoms with E-state index in [0.717, 1.165) is 39.3 Å². The molecule has 0 atom stereocenters. The number of hydrogen-bond acceptors (Lipinski definition) is 6. The predicted molar refractivity (Wildman–Crippen MR) is 91.1 cm³/mol. The first-order valence-corrected chi connectivity index (χ1v) is 8.24. The van der Waals surface area contributed by atoms with Crippen LogP contribution in [0.25, 0.3) is 0 Å². The van der Waals surface area contributed by atoms with Crippen molar-refractivity contribution in [3.05, 3.63) is 17.2 Å². The molecule has 0 aromatic heterocycles. The van der Waals surface area contributed by atoms with Crippen molar-refractivity contribution in [1.29, 1.82) is 0 Å². The van der Waals surface area contributed by atoms with Crippen molar-refractivity contribution in [3.8, 4) is 11.5 Å². The first-order chi connectivity index (χ1) is 11.6. The smallest absolute Gasteiger partial charge is 0.337 e. The average Bonchev–Trinajstić information content (AvgIpc) is 2.59. The molecule has 0 spiro atoms. The van der Waals surface area contributed by atoms with Crippen LogP contribution in [0.5, 0.6) is 11.5 Å². The topological polar surface area (TPSA) is 94.3 Å². The molecule has 0 aliphatic carbocycles. The third-order valence-corrected chi connectivity index (χ3v) is 4.16. The van der Waals surface area contributed by atoms with Crippen LogP contribution < -0.4 is 15.2 Å². The molecule has 134 valence electrons. The Kier molecular flexibility index (Phi) is 6.69. The van der Waals surface area contributed by atoms with Gasteiger partial charge in [0.05, 0.1) is 38.2 Å². The first kappa shape index (κ1) is 18.4. The van der Waals surface area contributed by atoms with Crippen LogP contribution in [0.2, 0.25) is 0 Å². The Morgan fingerprint density at radius 1 is 1.42 bits per heavy atom. The number of nitrogens with two attached hydrogens (primary N) is 1. The van der Waals surface area contributed by atoms with Gasteiger partial charge in [0.2, 0.25) is 0 Å². The summed E-state index contributed by atoms with van der Waals surface area (Å²) in [5, 5.41) is 9.32. The average molecular weight is 338 g/mol. The van der Waals surface area contributed by atoms with Crippen LogP contribution >= 0.6 is 0 Å². The minimum absolute atomic E-state index is 0.0517. The van der Waals surface area contributed by atoms with Gasteiger partial charge in [-0.2, -0.15) is 0 Å². The highest BCUT2D eigenvalue weighted by molar-refractivity contribution is 5.96. The van der Waals surface area contributed by atoms with Gasteiger partial charge in [0.1, 0.15) is 0 Å². The number of hydrogen-bond donors (Lipinski definition) is 2. The van der Waals surface area contributed by atoms with Gasteiger partial charge in [-0.3, -0.25) is 4.90 Å². The van der Waals surface area contributed by atoms with Gasteiger partial charge in [0.15, 0.2) is 11.5 Å². The van der Waals surface area contributed by atoms with E-state index in [4.69, 9.17) is 19.9 Å². The summed E-state index contributed by atoms with van der Waals surface area (Å²) < 4.78 is 16.5. The summed E-state index contributed by atoms with van der Waals surface area (Å²) in [6, 6.07) is 1.45. The predicted octanol–water partition coefficient (Wildman–Crippen LogP) is 1.64. The number of morpholine rings is 1. The molecule has 0 radical (unpaired) electrons. The second-order valence-corrected chi connectivity index (χ2v) is 5.66. The van der Waals surface area contributed by atoms with Gasteiger partial charge in [-0.15, -0.1) is 0 Å². The van der Waals surface area contributed by atoms with Gasteiger partial charge in [0.25, 0.3) is 0 Å². The lowest BCUT2D eigenvalue weighted by atomic mass is 10.0. The molecule has 1 aromatic rings. The monoisotopic (exact) mass is 338 g/mol. The number of anilines is 1. The number of methoxy groups -OCH3 is 1. The van der Waals surface area contributed by atoms with E-state index in [1.165, 1.54) is 13.2 Å². The number of rotatable bonds is 8. The number of nitrogen functional groups attached to an aromatic ring is 1. The van der Waals surface area contributed by atoms with Gasteiger partial charge < -0.3 is 25.1 Å². The molecule has 0 bridgehead atoms. The maximum Gasteiger partial charge on any atom is 0.337 e. The number of benzene rings is 1. The van der Waals surface area contributed by atoms with E-state index in [9.17, 15) is 9.90 Å². The van der Waals surface area contributed by atoms with Crippen LogP contribution in [0.15, 0.2) is 6.07 Å². The second kappa shape index (κ2) is 8.75. The van der Waals surface area contributed by atoms with E-state index >= 15 is 0 Å². The molecule has 1 aliphatic rings. The molecule has 1 saturated heterocycles. The van der Waals surface area contributed by atoms with Gasteiger partial charge in [-0.1, -0.05) is 6.92 Å². The van der Waals surface area contributed by atoms with E-state index in [1.807, 2.05) is 6.92 Å². The van der Waals surface area contributed by atoms with Crippen LogP contribution in [0, 0.1) is 0 Å². The lowest BCUT2D eigenvalue weighted by Crippen LogP contribution is -2.37. The first-order valence-electron chi connectivity index (χ1n) is 8.24. The van der Waals surface area contributed by atoms with Crippen LogP contribution in [0.4, 0.5) is 5.69 Å². The van der Waals surface area contributed by atoms with Crippen molar-refractivity contribution in [2.45, 2.75) is 19.8 Å². The minimum atomic E-state index is -1.07. The number of carboxylic acids is 1. The number of nitrogens with zero attached hydrogens (tertiary/aromatic N) is 1. The zero-order chi connectivity index (χ0) is 17.5. The molecule has 1 heterocycles. The van der Waals surface area contributed by atoms with E-state index in [0.29, 0.717) is 30.1 Å². The third-order valence-electron chi connectivity index (χ3n) is 4.16. The van der Waals surface area contributed by atoms with Crippen LogP contribution in [0.1, 0.15) is 29.3 Å². The molecule has 1 fully saturated rings. The van der Waals surface area contributed by atoms with E-state index < -0.39 is 5.97 Å². The second-order valence-electron chi connectivity index (χ2n) is 5.66. The molecule has 7 heteroatoms. The fourth-order valence-electron chi connectivity index (χ4n) is 2.86. The maximum absolute atomic E-state index is 11.4. The van der Waals surface area contributed by atoms with Gasteiger partial charge in [-0.05, 0) is 12.8 Å². The molecule has 0 saturated carbocycles. The summed E-state index contributed by atoms with van der Waals surface area (Å²) in [5.74, 6) is -0.114. The summed E-state index contributed by atoms with van der Waals surface area (Å²) in [6.45, 7) is 6.74. The molecule has 1 aliphatic heterocycles. The van der Waals surface area contributed by atoms with Crippen molar-refractivity contribution in [1.82, 2.24) is 4.90 Å². The minimum Gasteiger partial charge on any atom is -0.492 e. The Hall–Kier alpha value is -1.99. The third kappa shape index (κ3) is 4.30. The van der Waals surface area contributed by atoms with Crippen LogP contribution in [-0.4, -0.2) is 62.5 Å². The van der Waals surface area contributed by atoms with E-state index in [1.54, 1.807) is 0 Å². The maximum atomic E-state index is 11.4. The number of carboxylic acid groups (broad SMARTS) is 1. The van der Waals surface area contributed by atoms with Gasteiger partial charge >= 0.3 is 5.97 Å². The molecule has 24 heavy (non-hydrogen) atoms.